The topological polar surface area (TPSA) is 32.8 Å². The van der Waals surface area contributed by atoms with Gasteiger partial charge in [0.05, 0.1) is 0 Å². The first-order valence-corrected chi connectivity index (χ1v) is 7.10. The molecule has 0 bridgehead atoms. The van der Waals surface area contributed by atoms with Crippen molar-refractivity contribution in [2.75, 3.05) is 19.6 Å². The number of carbonyl (C=O) groups is 1. The lowest BCUT2D eigenvalue weighted by Gasteiger charge is -2.29. The molecule has 0 aliphatic carbocycles. The molecule has 0 aromatic rings. The maximum atomic E-state index is 12.0. The van der Waals surface area contributed by atoms with E-state index in [1.807, 2.05) is 25.7 Å². The van der Waals surface area contributed by atoms with Crippen LogP contribution in [0.1, 0.15) is 47.0 Å². The maximum absolute atomic E-state index is 12.0. The van der Waals surface area contributed by atoms with Gasteiger partial charge in [0.15, 0.2) is 0 Å². The Balaban J connectivity index is 1.86. The van der Waals surface area contributed by atoms with E-state index >= 15 is 0 Å². The molecule has 4 heteroatoms. The van der Waals surface area contributed by atoms with Crippen LogP contribution in [0.3, 0.4) is 0 Å². The Morgan fingerprint density at radius 1 is 1.22 bits per heavy atom. The summed E-state index contributed by atoms with van der Waals surface area (Å²) in [5, 5.41) is 0. The maximum Gasteiger partial charge on any atom is 0.410 e. The fraction of sp³-hybridized carbons (Fsp3) is 0.929. The largest absolute Gasteiger partial charge is 0.444 e. The molecule has 2 saturated heterocycles. The molecule has 0 aromatic carbocycles. The molecule has 2 heterocycles. The highest BCUT2D eigenvalue weighted by Crippen LogP contribution is 2.25. The van der Waals surface area contributed by atoms with Crippen LogP contribution in [0.15, 0.2) is 0 Å². The summed E-state index contributed by atoms with van der Waals surface area (Å²) in [6.07, 6.45) is 3.52. The van der Waals surface area contributed by atoms with Crippen molar-refractivity contribution in [1.29, 1.82) is 0 Å². The molecule has 18 heavy (non-hydrogen) atoms. The zero-order valence-corrected chi connectivity index (χ0v) is 12.1. The Bertz CT molecular complexity index is 311. The second-order valence-corrected chi connectivity index (χ2v) is 6.60. The Hall–Kier alpha value is -0.770. The van der Waals surface area contributed by atoms with E-state index in [0.717, 1.165) is 19.5 Å². The molecule has 2 fully saturated rings. The van der Waals surface area contributed by atoms with Gasteiger partial charge in [-0.3, -0.25) is 4.90 Å². The minimum absolute atomic E-state index is 0.156. The van der Waals surface area contributed by atoms with Crippen molar-refractivity contribution >= 4 is 6.09 Å². The number of hydrogen-bond donors (Lipinski definition) is 0. The number of hydrogen-bond acceptors (Lipinski definition) is 3. The zero-order chi connectivity index (χ0) is 13.3. The summed E-state index contributed by atoms with van der Waals surface area (Å²) in [6, 6.07) is 1.21. The average Bonchev–Trinajstić information content (AvgIpc) is 2.82. The van der Waals surface area contributed by atoms with Crippen LogP contribution in [0, 0.1) is 0 Å². The minimum Gasteiger partial charge on any atom is -0.444 e. The summed E-state index contributed by atoms with van der Waals surface area (Å²) in [4.78, 5) is 16.4. The molecule has 2 aliphatic rings. The Morgan fingerprint density at radius 2 is 1.94 bits per heavy atom. The summed E-state index contributed by atoms with van der Waals surface area (Å²) in [5.41, 5.74) is -0.393. The Kier molecular flexibility index (Phi) is 3.85. The van der Waals surface area contributed by atoms with Crippen LogP contribution in [0.4, 0.5) is 4.79 Å². The monoisotopic (exact) mass is 254 g/mol. The van der Waals surface area contributed by atoms with Gasteiger partial charge in [-0.15, -0.1) is 0 Å². The number of amides is 1. The first-order chi connectivity index (χ1) is 8.37. The third-order valence-electron chi connectivity index (χ3n) is 3.89. The normalized spacial score (nSPS) is 29.9. The Labute approximate surface area is 110 Å². The van der Waals surface area contributed by atoms with Crippen molar-refractivity contribution in [3.8, 4) is 0 Å². The van der Waals surface area contributed by atoms with Gasteiger partial charge >= 0.3 is 6.09 Å². The van der Waals surface area contributed by atoms with Crippen molar-refractivity contribution in [2.24, 2.45) is 0 Å². The summed E-state index contributed by atoms with van der Waals surface area (Å²) >= 11 is 0. The van der Waals surface area contributed by atoms with Gasteiger partial charge in [-0.05, 0) is 53.5 Å². The summed E-state index contributed by atoms with van der Waals surface area (Å²) < 4.78 is 5.43. The molecule has 0 N–H and O–H groups in total. The van der Waals surface area contributed by atoms with Gasteiger partial charge in [-0.1, -0.05) is 0 Å². The van der Waals surface area contributed by atoms with Gasteiger partial charge in [-0.2, -0.15) is 0 Å². The molecule has 0 saturated carbocycles. The molecule has 2 atom stereocenters. The fourth-order valence-electron chi connectivity index (χ4n) is 3.00. The number of nitrogens with zero attached hydrogens (tertiary/aromatic N) is 2. The number of carbonyl (C=O) groups excluding carboxylic acids is 1. The molecule has 0 radical (unpaired) electrons. The average molecular weight is 254 g/mol. The summed E-state index contributed by atoms with van der Waals surface area (Å²) in [5.74, 6) is 0. The lowest BCUT2D eigenvalue weighted by atomic mass is 10.2. The van der Waals surface area contributed by atoms with E-state index in [4.69, 9.17) is 4.74 Å². The predicted octanol–water partition coefficient (Wildman–Crippen LogP) is 2.48. The van der Waals surface area contributed by atoms with Gasteiger partial charge < -0.3 is 9.64 Å². The summed E-state index contributed by atoms with van der Waals surface area (Å²) in [6.45, 7) is 10.9. The molecule has 104 valence electrons. The molecule has 2 aliphatic heterocycles. The Morgan fingerprint density at radius 3 is 2.50 bits per heavy atom. The van der Waals surface area contributed by atoms with Gasteiger partial charge in [0.1, 0.15) is 5.60 Å². The van der Waals surface area contributed by atoms with E-state index in [9.17, 15) is 4.79 Å². The highest BCUT2D eigenvalue weighted by Gasteiger charge is 2.35. The van der Waals surface area contributed by atoms with Crippen LogP contribution in [0.25, 0.3) is 0 Å². The smallest absolute Gasteiger partial charge is 0.410 e. The second-order valence-electron chi connectivity index (χ2n) is 6.60. The van der Waals surface area contributed by atoms with Gasteiger partial charge in [0.2, 0.25) is 0 Å². The molecule has 1 amide bonds. The van der Waals surface area contributed by atoms with Gasteiger partial charge in [0, 0.05) is 25.2 Å². The first kappa shape index (κ1) is 13.7. The van der Waals surface area contributed by atoms with Crippen LogP contribution in [-0.2, 0) is 4.74 Å². The molecule has 4 nitrogen and oxygen atoms in total. The number of likely N-dealkylation sites (tertiary alicyclic amines) is 2. The third-order valence-corrected chi connectivity index (χ3v) is 3.89. The second kappa shape index (κ2) is 5.08. The van der Waals surface area contributed by atoms with Crippen molar-refractivity contribution in [2.45, 2.75) is 64.6 Å². The molecular weight excluding hydrogens is 228 g/mol. The summed E-state index contributed by atoms with van der Waals surface area (Å²) in [7, 11) is 0. The van der Waals surface area contributed by atoms with Crippen molar-refractivity contribution in [1.82, 2.24) is 9.80 Å². The lowest BCUT2D eigenvalue weighted by molar-refractivity contribution is 0.0278. The quantitative estimate of drug-likeness (QED) is 0.720. The van der Waals surface area contributed by atoms with Crippen LogP contribution < -0.4 is 0 Å². The molecule has 0 aromatic heterocycles. The number of ether oxygens (including phenoxy) is 1. The van der Waals surface area contributed by atoms with E-state index in [2.05, 4.69) is 11.8 Å². The van der Waals surface area contributed by atoms with Gasteiger partial charge in [0.25, 0.3) is 0 Å². The standard InChI is InChI=1S/C14H26N2O2/c1-11-6-5-8-16(11)12-7-9-15(10-12)13(17)18-14(2,3)4/h11-12H,5-10H2,1-4H3. The highest BCUT2D eigenvalue weighted by atomic mass is 16.6. The molecule has 2 unspecified atom stereocenters. The van der Waals surface area contributed by atoms with Crippen LogP contribution >= 0.6 is 0 Å². The molecule has 0 spiro atoms. The van der Waals surface area contributed by atoms with Gasteiger partial charge in [-0.25, -0.2) is 4.79 Å². The van der Waals surface area contributed by atoms with E-state index in [1.54, 1.807) is 0 Å². The van der Waals surface area contributed by atoms with Crippen molar-refractivity contribution in [3.63, 3.8) is 0 Å². The number of rotatable bonds is 1. The van der Waals surface area contributed by atoms with E-state index in [1.165, 1.54) is 19.4 Å². The van der Waals surface area contributed by atoms with E-state index < -0.39 is 5.60 Å². The van der Waals surface area contributed by atoms with Crippen LogP contribution in [-0.4, -0.2) is 53.2 Å². The van der Waals surface area contributed by atoms with Crippen molar-refractivity contribution in [3.05, 3.63) is 0 Å². The van der Waals surface area contributed by atoms with E-state index in [-0.39, 0.29) is 6.09 Å². The highest BCUT2D eigenvalue weighted by molar-refractivity contribution is 5.68. The first-order valence-electron chi connectivity index (χ1n) is 7.10. The van der Waals surface area contributed by atoms with E-state index in [0.29, 0.717) is 12.1 Å². The third kappa shape index (κ3) is 3.16. The predicted molar refractivity (Wildman–Crippen MR) is 71.6 cm³/mol. The molecular formula is C14H26N2O2. The minimum atomic E-state index is -0.393. The zero-order valence-electron chi connectivity index (χ0n) is 12.1. The van der Waals surface area contributed by atoms with Crippen LogP contribution in [0.5, 0.6) is 0 Å². The SMILES string of the molecule is CC1CCCN1C1CCN(C(=O)OC(C)(C)C)C1. The van der Waals surface area contributed by atoms with Crippen LogP contribution in [0.2, 0.25) is 0 Å². The van der Waals surface area contributed by atoms with Crippen molar-refractivity contribution < 1.29 is 9.53 Å². The fourth-order valence-corrected chi connectivity index (χ4v) is 3.00. The molecule has 2 rings (SSSR count). The lowest BCUT2D eigenvalue weighted by Crippen LogP contribution is -2.41.